The first-order chi connectivity index (χ1) is 23.4. The highest BCUT2D eigenvalue weighted by Crippen LogP contribution is 2.53. The predicted octanol–water partition coefficient (Wildman–Crippen LogP) is 7.45. The molecule has 4 aliphatic heterocycles. The minimum absolute atomic E-state index is 0.00244. The van der Waals surface area contributed by atoms with E-state index >= 15 is 4.39 Å². The molecule has 16 heteroatoms. The number of nitrogens with zero attached hydrogens (tertiary/aromatic N) is 5. The third kappa shape index (κ3) is 5.16. The maximum Gasteiger partial charge on any atom is 0.418 e. The van der Waals surface area contributed by atoms with Gasteiger partial charge in [-0.25, -0.2) is 13.8 Å². The van der Waals surface area contributed by atoms with Crippen molar-refractivity contribution < 1.29 is 31.4 Å². The number of hydrogen-bond acceptors (Lipinski definition) is 9. The molecule has 4 atom stereocenters. The normalized spacial score (nSPS) is 24.8. The van der Waals surface area contributed by atoms with Crippen LogP contribution in [0.3, 0.4) is 0 Å². The van der Waals surface area contributed by atoms with Gasteiger partial charge in [-0.05, 0) is 44.5 Å². The molecular formula is C33H30Cl2F5N7O2. The lowest BCUT2D eigenvalue weighted by molar-refractivity contribution is -0.137. The van der Waals surface area contributed by atoms with Crippen molar-refractivity contribution in [3.63, 3.8) is 0 Å². The number of pyridine rings is 1. The monoisotopic (exact) mass is 721 g/mol. The Kier molecular flexibility index (Phi) is 7.65. The molecule has 9 nitrogen and oxygen atoms in total. The molecular weight excluding hydrogens is 692 g/mol. The van der Waals surface area contributed by atoms with E-state index in [1.807, 2.05) is 17.9 Å². The van der Waals surface area contributed by atoms with Crippen molar-refractivity contribution in [1.82, 2.24) is 19.9 Å². The van der Waals surface area contributed by atoms with Crippen LogP contribution in [0.4, 0.5) is 39.3 Å². The summed E-state index contributed by atoms with van der Waals surface area (Å²) in [5, 5.41) is 2.26. The van der Waals surface area contributed by atoms with Gasteiger partial charge in [0.15, 0.2) is 11.6 Å². The number of benzene rings is 2. The van der Waals surface area contributed by atoms with Crippen LogP contribution < -0.4 is 25.4 Å². The van der Waals surface area contributed by atoms with E-state index < -0.39 is 56.5 Å². The fraction of sp³-hybridized carbons (Fsp3) is 0.424. The largest absolute Gasteiger partial charge is 0.489 e. The molecule has 2 aromatic carbocycles. The van der Waals surface area contributed by atoms with E-state index in [1.165, 1.54) is 0 Å². The first kappa shape index (κ1) is 32.3. The minimum Gasteiger partial charge on any atom is -0.489 e. The van der Waals surface area contributed by atoms with Crippen LogP contribution in [0.5, 0.6) is 11.8 Å². The number of ether oxygens (including phenoxy) is 2. The van der Waals surface area contributed by atoms with Gasteiger partial charge in [0.1, 0.15) is 36.5 Å². The standard InChI is InChI=1S/C33H30Cl2F5N7O2/c1-15-19-4-2-6-42-29(19)43-11-18-13-48-28-23-27(26(37)22(25(28)35)20-8-17(41)9-21(34)24(20)33(38,39)40)44-31(45-30(23)47(15)18)49-14-32-5-3-7-46(32)12-16(36)10-32/h2,4,6,8-9,15-16,18H,3,5,7,10-14,41H2,1H3,(H,42,43)/t15-,16-,18?,32+/m1/s1. The summed E-state index contributed by atoms with van der Waals surface area (Å²) in [6.45, 7) is 3.32. The van der Waals surface area contributed by atoms with Gasteiger partial charge in [-0.1, -0.05) is 29.3 Å². The van der Waals surface area contributed by atoms with E-state index in [1.54, 1.807) is 12.3 Å². The van der Waals surface area contributed by atoms with Crippen LogP contribution in [-0.4, -0.2) is 70.5 Å². The van der Waals surface area contributed by atoms with Crippen molar-refractivity contribution in [2.75, 3.05) is 48.8 Å². The summed E-state index contributed by atoms with van der Waals surface area (Å²) in [4.78, 5) is 17.7. The summed E-state index contributed by atoms with van der Waals surface area (Å²) in [6, 6.07) is 4.58. The van der Waals surface area contributed by atoms with Gasteiger partial charge in [0.2, 0.25) is 0 Å². The van der Waals surface area contributed by atoms with Gasteiger partial charge in [0, 0.05) is 48.1 Å². The SMILES string of the molecule is C[C@@H]1c2cccnc2NCC2COc3c(Cl)c(-c4cc(N)cc(Cl)c4C(F)(F)F)c(F)c4nc(OC[C@@]56CCCN5C[C@H](F)C6)nc(c34)N21. The molecule has 3 N–H and O–H groups in total. The van der Waals surface area contributed by atoms with Gasteiger partial charge in [-0.2, -0.15) is 23.1 Å². The zero-order valence-corrected chi connectivity index (χ0v) is 27.6. The van der Waals surface area contributed by atoms with E-state index in [4.69, 9.17) is 43.4 Å². The molecule has 0 saturated carbocycles. The van der Waals surface area contributed by atoms with Crippen molar-refractivity contribution in [3.8, 4) is 22.9 Å². The van der Waals surface area contributed by atoms with Gasteiger partial charge in [-0.15, -0.1) is 0 Å². The predicted molar refractivity (Wildman–Crippen MR) is 176 cm³/mol. The summed E-state index contributed by atoms with van der Waals surface area (Å²) in [5.41, 5.74) is 3.08. The molecule has 2 saturated heterocycles. The molecule has 0 bridgehead atoms. The number of nitrogens with two attached hydrogens (primary N) is 1. The topological polar surface area (TPSA) is 102 Å². The average Bonchev–Trinajstić information content (AvgIpc) is 3.45. The molecule has 0 amide bonds. The number of alkyl halides is 4. The molecule has 6 heterocycles. The second kappa shape index (κ2) is 11.6. The Hall–Kier alpha value is -3.88. The Bertz CT molecular complexity index is 2000. The maximum absolute atomic E-state index is 17.1. The Balaban J connectivity index is 1.37. The summed E-state index contributed by atoms with van der Waals surface area (Å²) in [5.74, 6) is -0.387. The molecule has 8 rings (SSSR count). The van der Waals surface area contributed by atoms with Crippen molar-refractivity contribution in [2.45, 2.75) is 56.2 Å². The first-order valence-electron chi connectivity index (χ1n) is 15.9. The molecule has 4 aromatic rings. The van der Waals surface area contributed by atoms with Crippen LogP contribution in [0.2, 0.25) is 10.0 Å². The number of nitrogens with one attached hydrogen (secondary N) is 1. The van der Waals surface area contributed by atoms with Crippen LogP contribution in [0.15, 0.2) is 30.5 Å². The number of hydrogen-bond donors (Lipinski definition) is 2. The lowest BCUT2D eigenvalue weighted by Gasteiger charge is -2.34. The van der Waals surface area contributed by atoms with Crippen molar-refractivity contribution >= 4 is 51.4 Å². The zero-order valence-electron chi connectivity index (χ0n) is 26.1. The van der Waals surface area contributed by atoms with Crippen LogP contribution in [-0.2, 0) is 6.18 Å². The van der Waals surface area contributed by atoms with Gasteiger partial charge in [0.25, 0.3) is 0 Å². The molecule has 1 unspecified atom stereocenters. The van der Waals surface area contributed by atoms with Crippen molar-refractivity contribution in [2.24, 2.45) is 0 Å². The number of nitrogen functional groups attached to an aromatic ring is 1. The Morgan fingerprint density at radius 1 is 1.22 bits per heavy atom. The highest BCUT2D eigenvalue weighted by atomic mass is 35.5. The van der Waals surface area contributed by atoms with Gasteiger partial charge >= 0.3 is 12.2 Å². The quantitative estimate of drug-likeness (QED) is 0.164. The highest BCUT2D eigenvalue weighted by molar-refractivity contribution is 6.37. The van der Waals surface area contributed by atoms with Crippen LogP contribution in [0.25, 0.3) is 22.0 Å². The number of aromatic nitrogens is 3. The molecule has 0 radical (unpaired) electrons. The van der Waals surface area contributed by atoms with Gasteiger partial charge in [-0.3, -0.25) is 4.90 Å². The second-order valence-electron chi connectivity index (χ2n) is 13.0. The highest BCUT2D eigenvalue weighted by Gasteiger charge is 2.50. The number of halogens is 7. The smallest absolute Gasteiger partial charge is 0.418 e. The molecule has 2 fully saturated rings. The number of rotatable bonds is 4. The number of fused-ring (bicyclic) bond motifs is 4. The second-order valence-corrected chi connectivity index (χ2v) is 13.8. The Morgan fingerprint density at radius 2 is 2.04 bits per heavy atom. The van der Waals surface area contributed by atoms with Crippen LogP contribution >= 0.6 is 23.2 Å². The van der Waals surface area contributed by atoms with E-state index in [2.05, 4.69) is 20.2 Å². The number of anilines is 3. The molecule has 0 spiro atoms. The van der Waals surface area contributed by atoms with E-state index in [0.717, 1.165) is 30.7 Å². The summed E-state index contributed by atoms with van der Waals surface area (Å²) in [7, 11) is 0. The Morgan fingerprint density at radius 3 is 2.84 bits per heavy atom. The summed E-state index contributed by atoms with van der Waals surface area (Å²) in [6.07, 6.45) is -2.49. The first-order valence-corrected chi connectivity index (χ1v) is 16.6. The van der Waals surface area contributed by atoms with Gasteiger partial charge < -0.3 is 25.4 Å². The summed E-state index contributed by atoms with van der Waals surface area (Å²) < 4.78 is 87.5. The lowest BCUT2D eigenvalue weighted by Crippen LogP contribution is -2.44. The minimum atomic E-state index is -4.99. The molecule has 258 valence electrons. The zero-order chi connectivity index (χ0) is 34.4. The van der Waals surface area contributed by atoms with E-state index in [-0.39, 0.29) is 59.8 Å². The van der Waals surface area contributed by atoms with Crippen LogP contribution in [0, 0.1) is 5.82 Å². The third-order valence-electron chi connectivity index (χ3n) is 10.1. The fourth-order valence-corrected chi connectivity index (χ4v) is 8.64. The van der Waals surface area contributed by atoms with Crippen LogP contribution in [0.1, 0.15) is 43.4 Å². The van der Waals surface area contributed by atoms with Crippen molar-refractivity contribution in [1.29, 1.82) is 0 Å². The lowest BCUT2D eigenvalue weighted by atomic mass is 9.95. The molecule has 2 aromatic heterocycles. The molecule has 0 aliphatic carbocycles. The molecule has 4 aliphatic rings. The molecule has 49 heavy (non-hydrogen) atoms. The average molecular weight is 723 g/mol. The van der Waals surface area contributed by atoms with Crippen molar-refractivity contribution in [3.05, 3.63) is 57.5 Å². The van der Waals surface area contributed by atoms with Gasteiger partial charge in [0.05, 0.1) is 38.6 Å². The summed E-state index contributed by atoms with van der Waals surface area (Å²) >= 11 is 12.9. The maximum atomic E-state index is 17.1. The third-order valence-corrected chi connectivity index (χ3v) is 10.8. The fourth-order valence-electron chi connectivity index (χ4n) is 7.98. The Labute approximate surface area is 287 Å². The van der Waals surface area contributed by atoms with E-state index in [0.29, 0.717) is 25.3 Å². The van der Waals surface area contributed by atoms with E-state index in [9.17, 15) is 17.6 Å².